The highest BCUT2D eigenvalue weighted by atomic mass is 32.2. The number of nitrogens with zero attached hydrogens (tertiary/aromatic N) is 1. The van der Waals surface area contributed by atoms with Crippen LogP contribution in [0.3, 0.4) is 0 Å². The largest absolute Gasteiger partial charge is 0.384 e. The number of aliphatic hydroxyl groups is 1. The Morgan fingerprint density at radius 1 is 1.40 bits per heavy atom. The van der Waals surface area contributed by atoms with Gasteiger partial charge in [-0.1, -0.05) is 18.2 Å². The standard InChI is InChI=1S/C12H13NOS/c13-8-10-4-1-2-5-11(10)12(14)6-3-7-15-9-12/h1-2,4-5,14H,3,6-7,9H2. The lowest BCUT2D eigenvalue weighted by molar-refractivity contribution is 0.0493. The molecule has 0 aromatic heterocycles. The Bertz CT molecular complexity index is 391. The summed E-state index contributed by atoms with van der Waals surface area (Å²) in [4.78, 5) is 0. The molecule has 0 saturated carbocycles. The van der Waals surface area contributed by atoms with Gasteiger partial charge in [-0.25, -0.2) is 0 Å². The van der Waals surface area contributed by atoms with Gasteiger partial charge in [0.2, 0.25) is 0 Å². The predicted octanol–water partition coefficient (Wildman–Crippen LogP) is 2.27. The molecule has 1 saturated heterocycles. The lowest BCUT2D eigenvalue weighted by Gasteiger charge is -2.32. The second-order valence-corrected chi connectivity index (χ2v) is 4.95. The molecule has 0 aliphatic carbocycles. The molecule has 0 amide bonds. The van der Waals surface area contributed by atoms with E-state index in [-0.39, 0.29) is 0 Å². The van der Waals surface area contributed by atoms with Crippen molar-refractivity contribution in [2.24, 2.45) is 0 Å². The third-order valence-corrected chi connectivity index (χ3v) is 4.03. The van der Waals surface area contributed by atoms with Crippen molar-refractivity contribution in [2.75, 3.05) is 11.5 Å². The first-order chi connectivity index (χ1) is 7.26. The van der Waals surface area contributed by atoms with Crippen LogP contribution in [0.2, 0.25) is 0 Å². The van der Waals surface area contributed by atoms with Crippen LogP contribution in [0.25, 0.3) is 0 Å². The zero-order valence-corrected chi connectivity index (χ0v) is 9.26. The van der Waals surface area contributed by atoms with E-state index in [4.69, 9.17) is 5.26 Å². The molecule has 1 unspecified atom stereocenters. The fourth-order valence-electron chi connectivity index (χ4n) is 1.98. The van der Waals surface area contributed by atoms with E-state index in [1.807, 2.05) is 18.2 Å². The Kier molecular flexibility index (Phi) is 2.99. The fraction of sp³-hybridized carbons (Fsp3) is 0.417. The molecular weight excluding hydrogens is 206 g/mol. The van der Waals surface area contributed by atoms with Crippen LogP contribution in [0.1, 0.15) is 24.0 Å². The molecule has 1 N–H and O–H groups in total. The molecule has 0 bridgehead atoms. The van der Waals surface area contributed by atoms with Gasteiger partial charge in [-0.05, 0) is 24.7 Å². The first-order valence-corrected chi connectivity index (χ1v) is 6.21. The summed E-state index contributed by atoms with van der Waals surface area (Å²) < 4.78 is 0. The van der Waals surface area contributed by atoms with Gasteiger partial charge in [-0.3, -0.25) is 0 Å². The molecular formula is C12H13NOS. The molecule has 2 nitrogen and oxygen atoms in total. The van der Waals surface area contributed by atoms with Gasteiger partial charge in [0.1, 0.15) is 0 Å². The summed E-state index contributed by atoms with van der Waals surface area (Å²) in [5, 5.41) is 19.5. The minimum absolute atomic E-state index is 0.600. The van der Waals surface area contributed by atoms with E-state index >= 15 is 0 Å². The fourth-order valence-corrected chi connectivity index (χ4v) is 3.11. The van der Waals surface area contributed by atoms with E-state index in [0.717, 1.165) is 24.2 Å². The highest BCUT2D eigenvalue weighted by molar-refractivity contribution is 7.99. The van der Waals surface area contributed by atoms with Crippen molar-refractivity contribution in [1.82, 2.24) is 0 Å². The van der Waals surface area contributed by atoms with Gasteiger partial charge in [0.05, 0.1) is 17.2 Å². The average molecular weight is 219 g/mol. The summed E-state index contributed by atoms with van der Waals surface area (Å²) >= 11 is 1.76. The molecule has 0 spiro atoms. The molecule has 0 radical (unpaired) electrons. The first-order valence-electron chi connectivity index (χ1n) is 5.06. The summed E-state index contributed by atoms with van der Waals surface area (Å²) in [6, 6.07) is 9.50. The predicted molar refractivity (Wildman–Crippen MR) is 61.6 cm³/mol. The smallest absolute Gasteiger partial charge is 0.0999 e. The second-order valence-electron chi connectivity index (χ2n) is 3.85. The van der Waals surface area contributed by atoms with Gasteiger partial charge in [0, 0.05) is 11.3 Å². The van der Waals surface area contributed by atoms with Gasteiger partial charge >= 0.3 is 0 Å². The summed E-state index contributed by atoms with van der Waals surface area (Å²) in [5.74, 6) is 1.81. The Morgan fingerprint density at radius 3 is 2.87 bits per heavy atom. The highest BCUT2D eigenvalue weighted by Crippen LogP contribution is 2.36. The second kappa shape index (κ2) is 4.26. The van der Waals surface area contributed by atoms with Crippen LogP contribution in [0, 0.1) is 11.3 Å². The monoisotopic (exact) mass is 219 g/mol. The Labute approximate surface area is 93.9 Å². The Balaban J connectivity index is 2.39. The number of hydrogen-bond acceptors (Lipinski definition) is 3. The molecule has 3 heteroatoms. The summed E-state index contributed by atoms with van der Waals surface area (Å²) in [6.07, 6.45) is 1.78. The van der Waals surface area contributed by atoms with Gasteiger partial charge in [0.25, 0.3) is 0 Å². The van der Waals surface area contributed by atoms with Crippen LogP contribution in [0.15, 0.2) is 24.3 Å². The van der Waals surface area contributed by atoms with Crippen LogP contribution in [-0.2, 0) is 5.60 Å². The summed E-state index contributed by atoms with van der Waals surface area (Å²) in [6.45, 7) is 0. The van der Waals surface area contributed by atoms with E-state index in [2.05, 4.69) is 6.07 Å². The summed E-state index contributed by atoms with van der Waals surface area (Å²) in [7, 11) is 0. The zero-order chi connectivity index (χ0) is 10.7. The van der Waals surface area contributed by atoms with E-state index in [9.17, 15) is 5.11 Å². The van der Waals surface area contributed by atoms with Crippen LogP contribution in [-0.4, -0.2) is 16.6 Å². The van der Waals surface area contributed by atoms with Crippen molar-refractivity contribution < 1.29 is 5.11 Å². The number of benzene rings is 1. The first kappa shape index (κ1) is 10.5. The maximum atomic E-state index is 10.5. The maximum Gasteiger partial charge on any atom is 0.0999 e. The van der Waals surface area contributed by atoms with Crippen molar-refractivity contribution in [3.63, 3.8) is 0 Å². The van der Waals surface area contributed by atoms with Crippen molar-refractivity contribution >= 4 is 11.8 Å². The van der Waals surface area contributed by atoms with Crippen molar-refractivity contribution in [3.05, 3.63) is 35.4 Å². The molecule has 2 rings (SSSR count). The minimum Gasteiger partial charge on any atom is -0.384 e. The SMILES string of the molecule is N#Cc1ccccc1C1(O)CCCSC1. The normalized spacial score (nSPS) is 25.9. The van der Waals surface area contributed by atoms with Crippen LogP contribution >= 0.6 is 11.8 Å². The quantitative estimate of drug-likeness (QED) is 0.788. The topological polar surface area (TPSA) is 44.0 Å². The summed E-state index contributed by atoms with van der Waals surface area (Å²) in [5.41, 5.74) is 0.595. The van der Waals surface area contributed by atoms with E-state index < -0.39 is 5.60 Å². The van der Waals surface area contributed by atoms with Gasteiger partial charge in [-0.2, -0.15) is 17.0 Å². The van der Waals surface area contributed by atoms with Gasteiger partial charge in [-0.15, -0.1) is 0 Å². The van der Waals surface area contributed by atoms with E-state index in [1.54, 1.807) is 17.8 Å². The van der Waals surface area contributed by atoms with Crippen LogP contribution in [0.4, 0.5) is 0 Å². The molecule has 1 atom stereocenters. The molecule has 1 aliphatic heterocycles. The van der Waals surface area contributed by atoms with E-state index in [0.29, 0.717) is 11.3 Å². The van der Waals surface area contributed by atoms with Crippen molar-refractivity contribution in [3.8, 4) is 6.07 Å². The number of thioether (sulfide) groups is 1. The van der Waals surface area contributed by atoms with Gasteiger partial charge in [0.15, 0.2) is 0 Å². The minimum atomic E-state index is -0.796. The average Bonchev–Trinajstić information content (AvgIpc) is 2.30. The lowest BCUT2D eigenvalue weighted by atomic mass is 9.88. The van der Waals surface area contributed by atoms with Crippen LogP contribution in [0.5, 0.6) is 0 Å². The number of rotatable bonds is 1. The van der Waals surface area contributed by atoms with Crippen LogP contribution < -0.4 is 0 Å². The molecule has 15 heavy (non-hydrogen) atoms. The zero-order valence-electron chi connectivity index (χ0n) is 8.44. The van der Waals surface area contributed by atoms with Gasteiger partial charge < -0.3 is 5.11 Å². The Hall–Kier alpha value is -0.980. The third kappa shape index (κ3) is 2.01. The molecule has 1 aromatic carbocycles. The molecule has 1 aromatic rings. The molecule has 1 aliphatic rings. The number of nitriles is 1. The Morgan fingerprint density at radius 2 is 2.20 bits per heavy atom. The van der Waals surface area contributed by atoms with E-state index in [1.165, 1.54) is 0 Å². The van der Waals surface area contributed by atoms with Crippen molar-refractivity contribution in [1.29, 1.82) is 5.26 Å². The maximum absolute atomic E-state index is 10.5. The molecule has 1 heterocycles. The molecule has 1 fully saturated rings. The van der Waals surface area contributed by atoms with Crippen molar-refractivity contribution in [2.45, 2.75) is 18.4 Å². The molecule has 78 valence electrons. The third-order valence-electron chi connectivity index (χ3n) is 2.77. The lowest BCUT2D eigenvalue weighted by Crippen LogP contribution is -2.32. The highest BCUT2D eigenvalue weighted by Gasteiger charge is 2.33. The number of hydrogen-bond donors (Lipinski definition) is 1.